The molecule has 6 heterocycles. The fraction of sp³-hybridized carbons (Fsp3) is 0.587. The van der Waals surface area contributed by atoms with Crippen LogP contribution >= 0.6 is 0 Å². The molecule has 4 atom stereocenters. The van der Waals surface area contributed by atoms with Gasteiger partial charge >= 0.3 is 0 Å². The average molecular weight is 1130 g/mol. The molecule has 4 amide bonds. The van der Waals surface area contributed by atoms with Crippen LogP contribution in [0.25, 0.3) is 0 Å². The summed E-state index contributed by atoms with van der Waals surface area (Å²) >= 11 is 0. The quantitative estimate of drug-likeness (QED) is 0.0458. The fourth-order valence-corrected chi connectivity index (χ4v) is 12.9. The third kappa shape index (κ3) is 16.3. The molecule has 2 spiro atoms. The van der Waals surface area contributed by atoms with Gasteiger partial charge in [-0.2, -0.15) is 0 Å². The standard InChI is InChI=1S/C63H88F2N12O5/c1-44(2)29-52(71-60(82)58(80)45(3)30-46-11-7-6-8-12-46)59(81)66-21-10-22-74-25-17-62(40-74)18-26-75(41-62)38-56(78)68-36-48-14-9-13-47(31-48)35-67-54-34-55(70-43-69-54)76-27-19-63(20-28-76)42-77(39-57(79)72-63)53-33-50(64)49(32-51(53)65)37-73-23-15-61(4,5)16-24-73/h6-9,11-14,31-34,43-45,52,58,80H,10,15-30,35-42H2,1-5H3,(H,66,81)(H,68,78)(H,71,82)(H,72,79)(H,67,69,70)/t45-,52+,58+,62+/m1/s1. The van der Waals surface area contributed by atoms with Crippen LogP contribution in [0.3, 0.4) is 0 Å². The summed E-state index contributed by atoms with van der Waals surface area (Å²) in [5.41, 5.74) is 3.37. The van der Waals surface area contributed by atoms with Gasteiger partial charge in [0.05, 0.1) is 24.3 Å². The number of aromatic nitrogens is 2. The van der Waals surface area contributed by atoms with Crippen molar-refractivity contribution in [3.63, 3.8) is 0 Å². The molecule has 5 aliphatic rings. The van der Waals surface area contributed by atoms with Crippen LogP contribution in [0, 0.1) is 34.3 Å². The maximum absolute atomic E-state index is 15.8. The number of rotatable bonds is 23. The predicted molar refractivity (Wildman–Crippen MR) is 316 cm³/mol. The molecule has 5 saturated heterocycles. The van der Waals surface area contributed by atoms with E-state index in [1.807, 2.05) is 75.4 Å². The monoisotopic (exact) mass is 1130 g/mol. The molecule has 0 saturated carbocycles. The number of nitrogens with one attached hydrogen (secondary N) is 5. The minimum atomic E-state index is -1.22. The maximum Gasteiger partial charge on any atom is 0.249 e. The summed E-state index contributed by atoms with van der Waals surface area (Å²) < 4.78 is 31.3. The summed E-state index contributed by atoms with van der Waals surface area (Å²) in [6.45, 7) is 20.3. The van der Waals surface area contributed by atoms with E-state index in [2.05, 4.69) is 76.1 Å². The number of aliphatic hydroxyl groups excluding tert-OH is 1. The van der Waals surface area contributed by atoms with Crippen molar-refractivity contribution in [2.24, 2.45) is 22.7 Å². The first kappa shape index (κ1) is 60.3. The smallest absolute Gasteiger partial charge is 0.249 e. The van der Waals surface area contributed by atoms with E-state index in [0.29, 0.717) is 89.4 Å². The number of piperazine rings is 1. The molecule has 3 aromatic carbocycles. The lowest BCUT2D eigenvalue weighted by Gasteiger charge is -2.48. The Morgan fingerprint density at radius 2 is 1.43 bits per heavy atom. The highest BCUT2D eigenvalue weighted by Crippen LogP contribution is 2.40. The first-order valence-electron chi connectivity index (χ1n) is 30.0. The molecule has 0 bridgehead atoms. The second kappa shape index (κ2) is 27.0. The highest BCUT2D eigenvalue weighted by Gasteiger charge is 2.44. The third-order valence-corrected chi connectivity index (χ3v) is 17.8. The van der Waals surface area contributed by atoms with Gasteiger partial charge in [0.15, 0.2) is 0 Å². The van der Waals surface area contributed by atoms with Crippen molar-refractivity contribution < 1.29 is 33.1 Å². The van der Waals surface area contributed by atoms with Crippen LogP contribution in [-0.4, -0.2) is 156 Å². The molecule has 0 radical (unpaired) electrons. The normalized spacial score (nSPS) is 21.4. The molecule has 0 unspecified atom stereocenters. The zero-order valence-electron chi connectivity index (χ0n) is 49.0. The molecule has 6 N–H and O–H groups in total. The van der Waals surface area contributed by atoms with E-state index in [-0.39, 0.29) is 52.6 Å². The lowest BCUT2D eigenvalue weighted by Crippen LogP contribution is -2.66. The average Bonchev–Trinajstić information content (AvgIpc) is 4.20. The second-order valence-corrected chi connectivity index (χ2v) is 25.7. The minimum Gasteiger partial charge on any atom is -0.383 e. The zero-order valence-corrected chi connectivity index (χ0v) is 49.0. The van der Waals surface area contributed by atoms with Crippen LogP contribution in [0.15, 0.2) is 79.1 Å². The first-order valence-corrected chi connectivity index (χ1v) is 30.0. The first-order chi connectivity index (χ1) is 39.3. The number of amides is 4. The van der Waals surface area contributed by atoms with E-state index >= 15 is 8.78 Å². The van der Waals surface area contributed by atoms with Gasteiger partial charge in [0, 0.05) is 76.6 Å². The van der Waals surface area contributed by atoms with E-state index in [1.165, 1.54) is 12.1 Å². The summed E-state index contributed by atoms with van der Waals surface area (Å²) in [5, 5.41) is 26.5. The topological polar surface area (TPSA) is 191 Å². The van der Waals surface area contributed by atoms with Gasteiger partial charge in [-0.15, -0.1) is 0 Å². The Labute approximate surface area is 483 Å². The largest absolute Gasteiger partial charge is 0.383 e. The van der Waals surface area contributed by atoms with Crippen molar-refractivity contribution in [3.05, 3.63) is 113 Å². The fourth-order valence-electron chi connectivity index (χ4n) is 12.9. The number of aliphatic hydroxyl groups is 1. The molecular weight excluding hydrogens is 1040 g/mol. The van der Waals surface area contributed by atoms with E-state index in [9.17, 15) is 24.3 Å². The van der Waals surface area contributed by atoms with Crippen molar-refractivity contribution in [2.45, 2.75) is 130 Å². The number of carbonyl (C=O) groups excluding carboxylic acids is 4. The molecule has 5 fully saturated rings. The molecule has 82 heavy (non-hydrogen) atoms. The molecule has 1 aromatic heterocycles. The Kier molecular flexibility index (Phi) is 19.8. The van der Waals surface area contributed by atoms with Gasteiger partial charge < -0.3 is 46.4 Å². The van der Waals surface area contributed by atoms with Gasteiger partial charge in [0.1, 0.15) is 41.7 Å². The van der Waals surface area contributed by atoms with Gasteiger partial charge in [0.25, 0.3) is 0 Å². The predicted octanol–water partition coefficient (Wildman–Crippen LogP) is 6.26. The van der Waals surface area contributed by atoms with Gasteiger partial charge in [-0.1, -0.05) is 89.2 Å². The molecule has 444 valence electrons. The van der Waals surface area contributed by atoms with Crippen molar-refractivity contribution in [1.29, 1.82) is 0 Å². The lowest BCUT2D eigenvalue weighted by atomic mass is 9.82. The Morgan fingerprint density at radius 3 is 2.17 bits per heavy atom. The Hall–Kier alpha value is -6.28. The molecular formula is C63H88F2N12O5. The van der Waals surface area contributed by atoms with Crippen LogP contribution in [-0.2, 0) is 45.2 Å². The van der Waals surface area contributed by atoms with Crippen LogP contribution in [0.4, 0.5) is 26.1 Å². The van der Waals surface area contributed by atoms with E-state index in [1.54, 1.807) is 11.2 Å². The van der Waals surface area contributed by atoms with Crippen molar-refractivity contribution >= 4 is 41.0 Å². The van der Waals surface area contributed by atoms with Crippen LogP contribution in [0.2, 0.25) is 0 Å². The van der Waals surface area contributed by atoms with Crippen LogP contribution in [0.5, 0.6) is 0 Å². The molecule has 4 aromatic rings. The Morgan fingerprint density at radius 1 is 0.732 bits per heavy atom. The number of nitrogens with zero attached hydrogens (tertiary/aromatic N) is 7. The van der Waals surface area contributed by atoms with Crippen molar-refractivity contribution in [1.82, 2.24) is 45.9 Å². The van der Waals surface area contributed by atoms with Crippen molar-refractivity contribution in [2.75, 3.05) is 100 Å². The molecule has 0 aliphatic carbocycles. The Balaban J connectivity index is 0.667. The minimum absolute atomic E-state index is 0.00320. The molecule has 5 aliphatic heterocycles. The summed E-state index contributed by atoms with van der Waals surface area (Å²) in [4.78, 5) is 72.7. The van der Waals surface area contributed by atoms with Gasteiger partial charge in [-0.3, -0.25) is 29.0 Å². The van der Waals surface area contributed by atoms with Gasteiger partial charge in [-0.25, -0.2) is 18.7 Å². The number of anilines is 3. The zero-order chi connectivity index (χ0) is 58.0. The number of piperidine rings is 2. The molecule has 9 rings (SSSR count). The number of likely N-dealkylation sites (tertiary alicyclic amines) is 3. The van der Waals surface area contributed by atoms with Crippen LogP contribution < -0.4 is 36.4 Å². The SMILES string of the molecule is CC(C)C[C@H](NC(=O)[C@@H](O)[C@H](C)Cc1ccccc1)C(=O)NCCCN1CC[C@]2(CCN(CC(=O)NCc3cccc(CNc4cc(N5CCC6(CC5)CN(c5cc(F)c(CN7CCC(C)(C)CC7)cc5F)CC(=O)N6)ncn4)c3)C2)C1. The number of hydrogen-bond acceptors (Lipinski definition) is 13. The summed E-state index contributed by atoms with van der Waals surface area (Å²) in [6, 6.07) is 21.7. The maximum atomic E-state index is 15.8. The number of hydrogen-bond donors (Lipinski definition) is 6. The Bertz CT molecular complexity index is 2820. The van der Waals surface area contributed by atoms with Crippen LogP contribution in [0.1, 0.15) is 108 Å². The summed E-state index contributed by atoms with van der Waals surface area (Å²) in [6.07, 6.45) is 7.50. The number of carbonyl (C=O) groups is 4. The third-order valence-electron chi connectivity index (χ3n) is 17.8. The van der Waals surface area contributed by atoms with E-state index in [0.717, 1.165) is 100 Å². The highest BCUT2D eigenvalue weighted by atomic mass is 19.1. The lowest BCUT2D eigenvalue weighted by molar-refractivity contribution is -0.136. The summed E-state index contributed by atoms with van der Waals surface area (Å²) in [5.74, 6) is -0.614. The molecule has 19 heteroatoms. The van der Waals surface area contributed by atoms with Gasteiger partial charge in [0.2, 0.25) is 23.6 Å². The second-order valence-electron chi connectivity index (χ2n) is 25.7. The van der Waals surface area contributed by atoms with E-state index < -0.39 is 35.2 Å². The number of halogens is 2. The highest BCUT2D eigenvalue weighted by molar-refractivity contribution is 5.89. The summed E-state index contributed by atoms with van der Waals surface area (Å²) in [7, 11) is 0. The van der Waals surface area contributed by atoms with E-state index in [4.69, 9.17) is 0 Å². The number of benzene rings is 3. The van der Waals surface area contributed by atoms with Crippen molar-refractivity contribution in [3.8, 4) is 0 Å². The molecule has 17 nitrogen and oxygen atoms in total. The van der Waals surface area contributed by atoms with Gasteiger partial charge in [-0.05, 0) is 136 Å².